The zero-order valence-corrected chi connectivity index (χ0v) is 16.8. The molecule has 2 aromatic rings. The van der Waals surface area contributed by atoms with Crippen LogP contribution in [0.3, 0.4) is 0 Å². The van der Waals surface area contributed by atoms with Gasteiger partial charge in [0.1, 0.15) is 18.3 Å². The fraction of sp³-hybridized carbons (Fsp3) is 0.462. The first-order valence-electron chi connectivity index (χ1n) is 8.23. The molecule has 3 rings (SSSR count). The number of H-pyrrole nitrogens is 1. The lowest BCUT2D eigenvalue weighted by Crippen LogP contribution is -2.36. The Bertz CT molecular complexity index is 1060. The number of imidazole rings is 1. The highest BCUT2D eigenvalue weighted by molar-refractivity contribution is 7.60. The minimum Gasteiger partial charge on any atom is -0.387 e. The second kappa shape index (κ2) is 8.77. The summed E-state index contributed by atoms with van der Waals surface area (Å²) < 4.78 is 43.1. The maximum atomic E-state index is 11.9. The number of nitrogens with one attached hydrogen (secondary N) is 1. The van der Waals surface area contributed by atoms with Crippen molar-refractivity contribution in [3.8, 4) is 0 Å². The number of aromatic amines is 1. The number of ether oxygens (including phenoxy) is 2. The normalized spacial score (nSPS) is 26.7. The minimum atomic E-state index is -5.30. The largest absolute Gasteiger partial charge is 0.481 e. The summed E-state index contributed by atoms with van der Waals surface area (Å²) in [6.45, 7) is 2.74. The summed E-state index contributed by atoms with van der Waals surface area (Å²) in [6.07, 6.45) is -1.01. The van der Waals surface area contributed by atoms with Crippen molar-refractivity contribution in [1.82, 2.24) is 19.5 Å². The minimum absolute atomic E-state index is 0.00710. The molecule has 0 spiro atoms. The first-order valence-corrected chi connectivity index (χ1v) is 11.3. The van der Waals surface area contributed by atoms with Gasteiger partial charge < -0.3 is 34.2 Å². The smallest absolute Gasteiger partial charge is 0.387 e. The molecular formula is C13H18N4O11P2. The van der Waals surface area contributed by atoms with Gasteiger partial charge in [0.2, 0.25) is 0 Å². The van der Waals surface area contributed by atoms with Crippen LogP contribution in [0.15, 0.2) is 30.1 Å². The van der Waals surface area contributed by atoms with E-state index in [1.807, 2.05) is 0 Å². The van der Waals surface area contributed by atoms with E-state index >= 15 is 0 Å². The summed E-state index contributed by atoms with van der Waals surface area (Å²) in [7, 11) is -10.5. The Labute approximate surface area is 167 Å². The third-order valence-corrected chi connectivity index (χ3v) is 6.12. The average molecular weight is 468 g/mol. The molecule has 5 atom stereocenters. The summed E-state index contributed by atoms with van der Waals surface area (Å²) in [4.78, 5) is 48.9. The molecule has 3 heterocycles. The predicted molar refractivity (Wildman–Crippen MR) is 96.9 cm³/mol. The van der Waals surface area contributed by atoms with Crippen molar-refractivity contribution >= 4 is 26.8 Å². The first-order chi connectivity index (χ1) is 14.0. The van der Waals surface area contributed by atoms with Gasteiger partial charge in [-0.15, -0.1) is 6.58 Å². The molecule has 0 radical (unpaired) electrons. The number of fused-ring (bicyclic) bond motifs is 1. The number of hydrogen-bond acceptors (Lipinski definition) is 10. The quantitative estimate of drug-likeness (QED) is 0.225. The van der Waals surface area contributed by atoms with Crippen molar-refractivity contribution in [2.24, 2.45) is 0 Å². The zero-order valence-electron chi connectivity index (χ0n) is 15.0. The SMILES string of the molecule is C=CCO[C@@H]1[C@H](O)[C@@H](COP(=O)(O)OP(=O)(O)O)O[C@H]1n1cnc2c(=O)[nH]cnc21. The molecule has 0 bridgehead atoms. The molecule has 1 aliphatic heterocycles. The predicted octanol–water partition coefficient (Wildman–Crippen LogP) is -0.825. The molecular weight excluding hydrogens is 450 g/mol. The van der Waals surface area contributed by atoms with E-state index in [1.54, 1.807) is 0 Å². The molecule has 17 heteroatoms. The van der Waals surface area contributed by atoms with Crippen LogP contribution in [-0.2, 0) is 27.4 Å². The monoisotopic (exact) mass is 468 g/mol. The molecule has 0 saturated carbocycles. The highest BCUT2D eigenvalue weighted by atomic mass is 31.3. The summed E-state index contributed by atoms with van der Waals surface area (Å²) >= 11 is 0. The lowest BCUT2D eigenvalue weighted by atomic mass is 10.1. The Hall–Kier alpha value is -1.77. The second-order valence-electron chi connectivity index (χ2n) is 6.03. The number of phosphoric acid groups is 2. The van der Waals surface area contributed by atoms with Crippen LogP contribution in [-0.4, -0.2) is 70.8 Å². The van der Waals surface area contributed by atoms with Gasteiger partial charge in [-0.3, -0.25) is 13.9 Å². The number of aromatic nitrogens is 4. The van der Waals surface area contributed by atoms with Crippen molar-refractivity contribution in [1.29, 1.82) is 0 Å². The van der Waals surface area contributed by atoms with Crippen LogP contribution in [0.1, 0.15) is 6.23 Å². The van der Waals surface area contributed by atoms with Gasteiger partial charge >= 0.3 is 15.6 Å². The molecule has 1 fully saturated rings. The van der Waals surface area contributed by atoms with Gasteiger partial charge in [0.05, 0.1) is 25.9 Å². The van der Waals surface area contributed by atoms with Crippen molar-refractivity contribution in [3.05, 3.63) is 35.7 Å². The molecule has 0 amide bonds. The van der Waals surface area contributed by atoms with Gasteiger partial charge in [-0.1, -0.05) is 6.08 Å². The Morgan fingerprint density at radius 3 is 2.73 bits per heavy atom. The lowest BCUT2D eigenvalue weighted by Gasteiger charge is -2.21. The summed E-state index contributed by atoms with van der Waals surface area (Å²) in [5, 5.41) is 10.5. The topological polar surface area (TPSA) is 216 Å². The maximum absolute atomic E-state index is 11.9. The molecule has 166 valence electrons. The van der Waals surface area contributed by atoms with E-state index in [9.17, 15) is 23.9 Å². The number of aliphatic hydroxyl groups is 1. The van der Waals surface area contributed by atoms with Gasteiger partial charge in [-0.2, -0.15) is 4.31 Å². The van der Waals surface area contributed by atoms with Gasteiger partial charge in [-0.25, -0.2) is 19.1 Å². The van der Waals surface area contributed by atoms with Crippen LogP contribution in [0.4, 0.5) is 0 Å². The maximum Gasteiger partial charge on any atom is 0.481 e. The molecule has 0 aromatic carbocycles. The number of hydrogen-bond donors (Lipinski definition) is 5. The average Bonchev–Trinajstić information content (AvgIpc) is 3.18. The van der Waals surface area contributed by atoms with E-state index in [1.165, 1.54) is 17.0 Å². The molecule has 5 N–H and O–H groups in total. The summed E-state index contributed by atoms with van der Waals surface area (Å²) in [5.74, 6) is 0. The van der Waals surface area contributed by atoms with Crippen molar-refractivity contribution < 1.29 is 47.2 Å². The Kier molecular flexibility index (Phi) is 6.69. The van der Waals surface area contributed by atoms with Crippen LogP contribution in [0.2, 0.25) is 0 Å². The molecule has 0 aliphatic carbocycles. The standard InChI is InChI=1S/C13H18N4O11P2/c1-2-3-25-10-9(18)7(4-26-30(23,24)28-29(20,21)22)27-13(10)17-6-16-8-11(17)14-5-15-12(8)19/h2,5-7,9-10,13,18H,1,3-4H2,(H,23,24)(H,14,15,19)(H2,20,21,22)/t7-,9-,10-,13-/m1/s1. The van der Waals surface area contributed by atoms with Crippen LogP contribution in [0.25, 0.3) is 11.2 Å². The van der Waals surface area contributed by atoms with E-state index in [4.69, 9.17) is 19.3 Å². The van der Waals surface area contributed by atoms with Gasteiger partial charge in [0.25, 0.3) is 5.56 Å². The number of phosphoric ester groups is 1. The highest BCUT2D eigenvalue weighted by Crippen LogP contribution is 2.57. The van der Waals surface area contributed by atoms with E-state index in [0.717, 1.165) is 6.33 Å². The third-order valence-electron chi connectivity index (χ3n) is 3.97. The molecule has 15 nitrogen and oxygen atoms in total. The summed E-state index contributed by atoms with van der Waals surface area (Å²) in [5.41, 5.74) is -0.369. The van der Waals surface area contributed by atoms with Crippen LogP contribution in [0.5, 0.6) is 0 Å². The second-order valence-corrected chi connectivity index (χ2v) is 8.86. The number of rotatable bonds is 9. The Morgan fingerprint density at radius 2 is 2.07 bits per heavy atom. The van der Waals surface area contributed by atoms with E-state index in [0.29, 0.717) is 0 Å². The molecule has 30 heavy (non-hydrogen) atoms. The van der Waals surface area contributed by atoms with Crippen LogP contribution < -0.4 is 5.56 Å². The van der Waals surface area contributed by atoms with Crippen LogP contribution >= 0.6 is 15.6 Å². The zero-order chi connectivity index (χ0) is 22.1. The molecule has 1 aliphatic rings. The van der Waals surface area contributed by atoms with Crippen molar-refractivity contribution in [2.45, 2.75) is 24.5 Å². The van der Waals surface area contributed by atoms with E-state index in [-0.39, 0.29) is 17.8 Å². The van der Waals surface area contributed by atoms with Gasteiger partial charge in [0.15, 0.2) is 17.4 Å². The van der Waals surface area contributed by atoms with Gasteiger partial charge in [-0.05, 0) is 0 Å². The van der Waals surface area contributed by atoms with Crippen molar-refractivity contribution in [3.63, 3.8) is 0 Å². The Morgan fingerprint density at radius 1 is 1.33 bits per heavy atom. The molecule has 1 saturated heterocycles. The fourth-order valence-corrected chi connectivity index (χ4v) is 4.41. The van der Waals surface area contributed by atoms with Crippen molar-refractivity contribution in [2.75, 3.05) is 13.2 Å². The highest BCUT2D eigenvalue weighted by Gasteiger charge is 2.47. The van der Waals surface area contributed by atoms with E-state index < -0.39 is 52.4 Å². The van der Waals surface area contributed by atoms with E-state index in [2.05, 4.69) is 30.4 Å². The van der Waals surface area contributed by atoms with Gasteiger partial charge in [0, 0.05) is 0 Å². The molecule has 2 aromatic heterocycles. The lowest BCUT2D eigenvalue weighted by molar-refractivity contribution is -0.0641. The van der Waals surface area contributed by atoms with Crippen LogP contribution in [0, 0.1) is 0 Å². The number of aliphatic hydroxyl groups excluding tert-OH is 1. The summed E-state index contributed by atoms with van der Waals surface area (Å²) in [6, 6.07) is 0. The first kappa shape index (κ1) is 22.9. The number of nitrogens with zero attached hydrogens (tertiary/aromatic N) is 3. The Balaban J connectivity index is 1.83. The molecule has 1 unspecified atom stereocenters. The third kappa shape index (κ3) is 5.10. The fourth-order valence-electron chi connectivity index (χ4n) is 2.81.